The van der Waals surface area contributed by atoms with Gasteiger partial charge in [-0.05, 0) is 56.0 Å². The molecule has 0 atom stereocenters. The SMILES string of the molecule is O=C(Nc1ccc2c(c1)OCCCO2)c1cc(S(=O)(=O)N2CCCCC2)ccc1N1CCCC1. The quantitative estimate of drug-likeness (QED) is 0.692. The molecule has 3 heterocycles. The highest BCUT2D eigenvalue weighted by atomic mass is 32.2. The van der Waals surface area contributed by atoms with Gasteiger partial charge in [-0.3, -0.25) is 4.79 Å². The molecule has 2 aromatic rings. The number of anilines is 2. The maximum absolute atomic E-state index is 13.5. The Kier molecular flexibility index (Phi) is 6.65. The summed E-state index contributed by atoms with van der Waals surface area (Å²) in [4.78, 5) is 15.8. The Morgan fingerprint density at radius 3 is 2.26 bits per heavy atom. The van der Waals surface area contributed by atoms with Crippen LogP contribution in [0.4, 0.5) is 11.4 Å². The minimum absolute atomic E-state index is 0.168. The number of carbonyl (C=O) groups is 1. The van der Waals surface area contributed by atoms with Gasteiger partial charge < -0.3 is 19.7 Å². The molecule has 0 spiro atoms. The third kappa shape index (κ3) is 4.72. The van der Waals surface area contributed by atoms with E-state index in [0.717, 1.165) is 57.3 Å². The van der Waals surface area contributed by atoms with Crippen molar-refractivity contribution in [3.05, 3.63) is 42.0 Å². The zero-order valence-corrected chi connectivity index (χ0v) is 20.1. The number of nitrogens with one attached hydrogen (secondary N) is 1. The van der Waals surface area contributed by atoms with Gasteiger partial charge in [-0.2, -0.15) is 4.31 Å². The molecule has 34 heavy (non-hydrogen) atoms. The molecule has 5 rings (SSSR count). The molecule has 3 aliphatic heterocycles. The van der Waals surface area contributed by atoms with Crippen molar-refractivity contribution >= 4 is 27.3 Å². The predicted molar refractivity (Wildman–Crippen MR) is 131 cm³/mol. The minimum atomic E-state index is -3.65. The molecule has 0 bridgehead atoms. The third-order valence-corrected chi connectivity index (χ3v) is 8.51. The zero-order valence-electron chi connectivity index (χ0n) is 19.3. The van der Waals surface area contributed by atoms with Gasteiger partial charge in [0.1, 0.15) is 0 Å². The number of hydrogen-bond donors (Lipinski definition) is 1. The highest BCUT2D eigenvalue weighted by molar-refractivity contribution is 7.89. The van der Waals surface area contributed by atoms with Crippen LogP contribution in [0.1, 0.15) is 48.9 Å². The fraction of sp³-hybridized carbons (Fsp3) is 0.480. The van der Waals surface area contributed by atoms with Crippen LogP contribution in [0.2, 0.25) is 0 Å². The minimum Gasteiger partial charge on any atom is -0.490 e. The standard InChI is InChI=1S/C25H31N3O5S/c29-25(26-19-7-10-23-24(17-19)33-16-6-15-32-23)21-18-20(8-9-22(21)27-11-4-5-12-27)34(30,31)28-13-2-1-3-14-28/h7-10,17-18H,1-6,11-16H2,(H,26,29). The van der Waals surface area contributed by atoms with Crippen molar-refractivity contribution < 1.29 is 22.7 Å². The number of carbonyl (C=O) groups excluding carboxylic acids is 1. The highest BCUT2D eigenvalue weighted by Gasteiger charge is 2.29. The third-order valence-electron chi connectivity index (χ3n) is 6.62. The van der Waals surface area contributed by atoms with E-state index in [-0.39, 0.29) is 10.8 Å². The Morgan fingerprint density at radius 2 is 1.50 bits per heavy atom. The van der Waals surface area contributed by atoms with Gasteiger partial charge in [0.25, 0.3) is 5.91 Å². The summed E-state index contributed by atoms with van der Waals surface area (Å²) in [5.41, 5.74) is 1.71. The van der Waals surface area contributed by atoms with Crippen LogP contribution in [0.5, 0.6) is 11.5 Å². The van der Waals surface area contributed by atoms with Crippen LogP contribution >= 0.6 is 0 Å². The van der Waals surface area contributed by atoms with E-state index in [1.165, 1.54) is 10.4 Å². The molecule has 1 N–H and O–H groups in total. The first kappa shape index (κ1) is 23.0. The van der Waals surface area contributed by atoms with Crippen molar-refractivity contribution in [3.63, 3.8) is 0 Å². The van der Waals surface area contributed by atoms with Crippen molar-refractivity contribution in [2.24, 2.45) is 0 Å². The number of hydrogen-bond acceptors (Lipinski definition) is 6. The first-order valence-corrected chi connectivity index (χ1v) is 13.6. The molecule has 0 saturated carbocycles. The zero-order chi connectivity index (χ0) is 23.5. The maximum Gasteiger partial charge on any atom is 0.257 e. The lowest BCUT2D eigenvalue weighted by molar-refractivity contribution is 0.102. The van der Waals surface area contributed by atoms with E-state index < -0.39 is 10.0 Å². The van der Waals surface area contributed by atoms with Crippen LogP contribution in [0.25, 0.3) is 0 Å². The van der Waals surface area contributed by atoms with E-state index in [1.807, 2.05) is 0 Å². The molecule has 0 radical (unpaired) electrons. The molecular weight excluding hydrogens is 454 g/mol. The molecule has 0 unspecified atom stereocenters. The molecule has 2 aromatic carbocycles. The van der Waals surface area contributed by atoms with Gasteiger partial charge in [0.15, 0.2) is 11.5 Å². The molecule has 182 valence electrons. The average Bonchev–Trinajstić information content (AvgIpc) is 3.30. The van der Waals surface area contributed by atoms with Crippen LogP contribution < -0.4 is 19.7 Å². The Balaban J connectivity index is 1.46. The molecule has 0 aliphatic carbocycles. The Morgan fingerprint density at radius 1 is 0.794 bits per heavy atom. The number of fused-ring (bicyclic) bond motifs is 1. The van der Waals surface area contributed by atoms with Crippen molar-refractivity contribution in [1.82, 2.24) is 4.31 Å². The smallest absolute Gasteiger partial charge is 0.257 e. The van der Waals surface area contributed by atoms with Gasteiger partial charge in [0.05, 0.1) is 23.7 Å². The molecule has 8 nitrogen and oxygen atoms in total. The van der Waals surface area contributed by atoms with E-state index in [1.54, 1.807) is 30.3 Å². The van der Waals surface area contributed by atoms with Crippen molar-refractivity contribution in [2.75, 3.05) is 49.6 Å². The van der Waals surface area contributed by atoms with Gasteiger partial charge in [-0.15, -0.1) is 0 Å². The van der Waals surface area contributed by atoms with E-state index in [0.29, 0.717) is 49.1 Å². The van der Waals surface area contributed by atoms with E-state index in [9.17, 15) is 13.2 Å². The summed E-state index contributed by atoms with van der Waals surface area (Å²) in [5, 5.41) is 2.94. The van der Waals surface area contributed by atoms with Crippen LogP contribution in [-0.2, 0) is 10.0 Å². The van der Waals surface area contributed by atoms with Crippen molar-refractivity contribution in [3.8, 4) is 11.5 Å². The summed E-state index contributed by atoms with van der Waals surface area (Å²) < 4.78 is 39.5. The topological polar surface area (TPSA) is 88.2 Å². The van der Waals surface area contributed by atoms with E-state index in [4.69, 9.17) is 9.47 Å². The first-order valence-electron chi connectivity index (χ1n) is 12.1. The second-order valence-corrected chi connectivity index (χ2v) is 10.9. The van der Waals surface area contributed by atoms with Crippen molar-refractivity contribution in [2.45, 2.75) is 43.4 Å². The molecule has 9 heteroatoms. The average molecular weight is 486 g/mol. The number of sulfonamides is 1. The second kappa shape index (κ2) is 9.84. The van der Waals surface area contributed by atoms with Gasteiger partial charge in [-0.25, -0.2) is 8.42 Å². The number of nitrogens with zero attached hydrogens (tertiary/aromatic N) is 2. The van der Waals surface area contributed by atoms with E-state index in [2.05, 4.69) is 10.2 Å². The Bertz CT molecular complexity index is 1160. The summed E-state index contributed by atoms with van der Waals surface area (Å²) in [6, 6.07) is 10.3. The van der Waals surface area contributed by atoms with Crippen LogP contribution in [0, 0.1) is 0 Å². The first-order chi connectivity index (χ1) is 16.5. The highest BCUT2D eigenvalue weighted by Crippen LogP contribution is 2.34. The van der Waals surface area contributed by atoms with Crippen LogP contribution in [0.3, 0.4) is 0 Å². The number of ether oxygens (including phenoxy) is 2. The normalized spacial score (nSPS) is 19.0. The Labute approximate surface area is 200 Å². The van der Waals surface area contributed by atoms with Gasteiger partial charge in [0, 0.05) is 50.0 Å². The number of amides is 1. The molecule has 0 aromatic heterocycles. The van der Waals surface area contributed by atoms with E-state index >= 15 is 0 Å². The summed E-state index contributed by atoms with van der Waals surface area (Å²) in [5.74, 6) is 0.909. The fourth-order valence-corrected chi connectivity index (χ4v) is 6.33. The predicted octanol–water partition coefficient (Wildman–Crippen LogP) is 3.88. The lowest BCUT2D eigenvalue weighted by Crippen LogP contribution is -2.35. The molecule has 1 amide bonds. The molecular formula is C25H31N3O5S. The molecule has 2 fully saturated rings. The Hall–Kier alpha value is -2.78. The molecule has 2 saturated heterocycles. The second-order valence-electron chi connectivity index (χ2n) is 9.00. The van der Waals surface area contributed by atoms with Crippen LogP contribution in [0.15, 0.2) is 41.3 Å². The van der Waals surface area contributed by atoms with Gasteiger partial charge >= 0.3 is 0 Å². The summed E-state index contributed by atoms with van der Waals surface area (Å²) in [6.45, 7) is 3.89. The fourth-order valence-electron chi connectivity index (χ4n) is 4.79. The summed E-state index contributed by atoms with van der Waals surface area (Å²) >= 11 is 0. The molecule has 3 aliphatic rings. The lowest BCUT2D eigenvalue weighted by Gasteiger charge is -2.27. The summed E-state index contributed by atoms with van der Waals surface area (Å²) in [7, 11) is -3.65. The number of rotatable bonds is 5. The largest absolute Gasteiger partial charge is 0.490 e. The number of benzene rings is 2. The summed E-state index contributed by atoms with van der Waals surface area (Å²) in [6.07, 6.45) is 5.68. The lowest BCUT2D eigenvalue weighted by atomic mass is 10.1. The number of piperidine rings is 1. The van der Waals surface area contributed by atoms with Crippen molar-refractivity contribution in [1.29, 1.82) is 0 Å². The van der Waals surface area contributed by atoms with Crippen LogP contribution in [-0.4, -0.2) is 58.0 Å². The van der Waals surface area contributed by atoms with Gasteiger partial charge in [0.2, 0.25) is 10.0 Å². The monoisotopic (exact) mass is 485 g/mol. The maximum atomic E-state index is 13.5. The van der Waals surface area contributed by atoms with Gasteiger partial charge in [-0.1, -0.05) is 6.42 Å².